The lowest BCUT2D eigenvalue weighted by molar-refractivity contribution is -0.117. The van der Waals surface area contributed by atoms with Crippen LogP contribution in [0.4, 0.5) is 0 Å². The summed E-state index contributed by atoms with van der Waals surface area (Å²) in [7, 11) is 3.65. The van der Waals surface area contributed by atoms with Gasteiger partial charge in [0.25, 0.3) is 0 Å². The first-order chi connectivity index (χ1) is 16.9. The van der Waals surface area contributed by atoms with Gasteiger partial charge in [0.2, 0.25) is 0 Å². The molecule has 6 heteroatoms. The summed E-state index contributed by atoms with van der Waals surface area (Å²) < 4.78 is 12.9. The van der Waals surface area contributed by atoms with Crippen molar-refractivity contribution in [2.75, 3.05) is 14.2 Å². The van der Waals surface area contributed by atoms with Gasteiger partial charge in [0.05, 0.1) is 10.7 Å². The number of methoxy groups -OCH3 is 1. The summed E-state index contributed by atoms with van der Waals surface area (Å²) in [6.07, 6.45) is 4.52. The van der Waals surface area contributed by atoms with Gasteiger partial charge in [0, 0.05) is 48.3 Å². The van der Waals surface area contributed by atoms with Crippen molar-refractivity contribution in [3.8, 4) is 11.5 Å². The van der Waals surface area contributed by atoms with Crippen LogP contribution in [0.25, 0.3) is 0 Å². The van der Waals surface area contributed by atoms with Crippen LogP contribution < -0.4 is 9.47 Å². The molecule has 1 aliphatic heterocycles. The van der Waals surface area contributed by atoms with E-state index in [0.29, 0.717) is 30.9 Å². The van der Waals surface area contributed by atoms with Crippen molar-refractivity contribution in [3.63, 3.8) is 0 Å². The van der Waals surface area contributed by atoms with Crippen LogP contribution in [0.15, 0.2) is 58.9 Å². The van der Waals surface area contributed by atoms with E-state index in [9.17, 15) is 9.59 Å². The van der Waals surface area contributed by atoms with E-state index in [1.807, 2.05) is 25.2 Å². The normalized spacial score (nSPS) is 18.6. The van der Waals surface area contributed by atoms with Crippen molar-refractivity contribution < 1.29 is 19.1 Å². The standard InChI is InChI=1S/C29H30INO4/c1-17-7-4-8-18(13-17)16-35-29-20(30)14-19(15-25(29)34-3)26-27-21(9-5-11-23(27)32)31(2)22-10-6-12-24(33)28(22)26/h4,7-8,13-15,26H,5-6,9-12,16H2,1-3H3. The summed E-state index contributed by atoms with van der Waals surface area (Å²) in [5, 5.41) is 0. The van der Waals surface area contributed by atoms with Crippen molar-refractivity contribution in [1.29, 1.82) is 0 Å². The molecule has 0 amide bonds. The second-order valence-electron chi connectivity index (χ2n) is 9.58. The van der Waals surface area contributed by atoms with E-state index >= 15 is 0 Å². The summed E-state index contributed by atoms with van der Waals surface area (Å²) in [5.74, 6) is 1.27. The molecule has 2 aromatic carbocycles. The lowest BCUT2D eigenvalue weighted by Gasteiger charge is -2.42. The number of rotatable bonds is 5. The van der Waals surface area contributed by atoms with Gasteiger partial charge in [-0.2, -0.15) is 0 Å². The number of halogens is 1. The number of hydrogen-bond donors (Lipinski definition) is 0. The van der Waals surface area contributed by atoms with Crippen LogP contribution in [0.2, 0.25) is 0 Å². The van der Waals surface area contributed by atoms with Crippen LogP contribution in [0.1, 0.15) is 61.1 Å². The molecular weight excluding hydrogens is 553 g/mol. The molecule has 35 heavy (non-hydrogen) atoms. The predicted octanol–water partition coefficient (Wildman–Crippen LogP) is 6.23. The fraction of sp³-hybridized carbons (Fsp3) is 0.379. The topological polar surface area (TPSA) is 55.8 Å². The first kappa shape index (κ1) is 24.1. The van der Waals surface area contributed by atoms with E-state index in [1.54, 1.807) is 7.11 Å². The molecule has 1 heterocycles. The molecule has 0 spiro atoms. The van der Waals surface area contributed by atoms with E-state index in [2.05, 4.69) is 52.6 Å². The highest BCUT2D eigenvalue weighted by molar-refractivity contribution is 14.1. The highest BCUT2D eigenvalue weighted by Crippen LogP contribution is 2.50. The maximum atomic E-state index is 13.3. The zero-order valence-electron chi connectivity index (χ0n) is 20.4. The van der Waals surface area contributed by atoms with Gasteiger partial charge in [-0.1, -0.05) is 29.8 Å². The quantitative estimate of drug-likeness (QED) is 0.391. The Kier molecular flexibility index (Phi) is 6.75. The Hall–Kier alpha value is -2.61. The number of allylic oxidation sites excluding steroid dienone is 4. The molecule has 2 aromatic rings. The number of ether oxygens (including phenoxy) is 2. The number of carbonyl (C=O) groups excluding carboxylic acids is 2. The minimum Gasteiger partial charge on any atom is -0.493 e. The van der Waals surface area contributed by atoms with Gasteiger partial charge in [-0.05, 0) is 78.5 Å². The molecule has 0 atom stereocenters. The Labute approximate surface area is 220 Å². The molecule has 0 radical (unpaired) electrons. The first-order valence-electron chi connectivity index (χ1n) is 12.2. The zero-order chi connectivity index (χ0) is 24.7. The van der Waals surface area contributed by atoms with Crippen LogP contribution in [0.5, 0.6) is 11.5 Å². The maximum absolute atomic E-state index is 13.3. The SMILES string of the molecule is COc1cc(C2C3=C(CCCC3=O)N(C)C3=C2C(=O)CCC3)cc(I)c1OCc1cccc(C)c1. The molecule has 5 nitrogen and oxygen atoms in total. The number of ketones is 2. The molecule has 0 saturated carbocycles. The van der Waals surface area contributed by atoms with Crippen molar-refractivity contribution in [2.45, 2.75) is 58.0 Å². The maximum Gasteiger partial charge on any atom is 0.174 e. The summed E-state index contributed by atoms with van der Waals surface area (Å²) >= 11 is 2.27. The van der Waals surface area contributed by atoms with E-state index in [0.717, 1.165) is 62.9 Å². The number of carbonyl (C=O) groups is 2. The second-order valence-corrected chi connectivity index (χ2v) is 10.7. The second kappa shape index (κ2) is 9.80. The fourth-order valence-electron chi connectivity index (χ4n) is 5.69. The fourth-order valence-corrected chi connectivity index (χ4v) is 6.47. The number of Topliss-reactive ketones (excluding diaryl/α,β-unsaturated/α-hetero) is 2. The Balaban J connectivity index is 1.58. The third-order valence-electron chi connectivity index (χ3n) is 7.30. The molecule has 5 rings (SSSR count). The van der Waals surface area contributed by atoms with Crippen molar-refractivity contribution in [3.05, 3.63) is 79.2 Å². The third-order valence-corrected chi connectivity index (χ3v) is 8.10. The van der Waals surface area contributed by atoms with E-state index in [1.165, 1.54) is 5.56 Å². The molecule has 0 unspecified atom stereocenters. The Bertz CT molecular complexity index is 1230. The number of benzene rings is 2. The van der Waals surface area contributed by atoms with E-state index in [-0.39, 0.29) is 17.5 Å². The van der Waals surface area contributed by atoms with Gasteiger partial charge in [-0.3, -0.25) is 9.59 Å². The van der Waals surface area contributed by atoms with Crippen LogP contribution in [-0.4, -0.2) is 30.6 Å². The van der Waals surface area contributed by atoms with Crippen LogP contribution >= 0.6 is 22.6 Å². The molecule has 0 saturated heterocycles. The molecule has 182 valence electrons. The van der Waals surface area contributed by atoms with Crippen LogP contribution in [0.3, 0.4) is 0 Å². The van der Waals surface area contributed by atoms with Gasteiger partial charge < -0.3 is 14.4 Å². The van der Waals surface area contributed by atoms with Crippen LogP contribution in [0, 0.1) is 10.5 Å². The Morgan fingerprint density at radius 1 is 0.971 bits per heavy atom. The molecule has 2 aliphatic carbocycles. The zero-order valence-corrected chi connectivity index (χ0v) is 22.6. The van der Waals surface area contributed by atoms with Crippen molar-refractivity contribution in [2.24, 2.45) is 0 Å². The predicted molar refractivity (Wildman–Crippen MR) is 143 cm³/mol. The average Bonchev–Trinajstić information content (AvgIpc) is 2.84. The minimum atomic E-state index is -0.343. The van der Waals surface area contributed by atoms with E-state index in [4.69, 9.17) is 9.47 Å². The van der Waals surface area contributed by atoms with Crippen molar-refractivity contribution >= 4 is 34.2 Å². The lowest BCUT2D eigenvalue weighted by Crippen LogP contribution is -2.37. The van der Waals surface area contributed by atoms with Gasteiger partial charge in [-0.25, -0.2) is 0 Å². The number of aryl methyl sites for hydroxylation is 1. The molecule has 0 N–H and O–H groups in total. The first-order valence-corrected chi connectivity index (χ1v) is 13.3. The Morgan fingerprint density at radius 2 is 1.63 bits per heavy atom. The summed E-state index contributed by atoms with van der Waals surface area (Å²) in [5.41, 5.74) is 6.94. The van der Waals surface area contributed by atoms with Crippen molar-refractivity contribution in [1.82, 2.24) is 4.90 Å². The van der Waals surface area contributed by atoms with Gasteiger partial charge in [-0.15, -0.1) is 0 Å². The van der Waals surface area contributed by atoms with E-state index < -0.39 is 0 Å². The summed E-state index contributed by atoms with van der Waals surface area (Å²) in [4.78, 5) is 28.6. The Morgan fingerprint density at radius 3 is 2.23 bits per heavy atom. The highest BCUT2D eigenvalue weighted by Gasteiger charge is 2.42. The van der Waals surface area contributed by atoms with Gasteiger partial charge >= 0.3 is 0 Å². The minimum absolute atomic E-state index is 0.154. The molecular formula is C29H30INO4. The monoisotopic (exact) mass is 583 g/mol. The lowest BCUT2D eigenvalue weighted by atomic mass is 9.71. The number of hydrogen-bond acceptors (Lipinski definition) is 5. The van der Waals surface area contributed by atoms with Gasteiger partial charge in [0.1, 0.15) is 6.61 Å². The van der Waals surface area contributed by atoms with Gasteiger partial charge in [0.15, 0.2) is 23.1 Å². The molecule has 0 bridgehead atoms. The van der Waals surface area contributed by atoms with Crippen LogP contribution in [-0.2, 0) is 16.2 Å². The highest BCUT2D eigenvalue weighted by atomic mass is 127. The summed E-state index contributed by atoms with van der Waals surface area (Å²) in [6.45, 7) is 2.50. The smallest absolute Gasteiger partial charge is 0.174 e. The summed E-state index contributed by atoms with van der Waals surface area (Å²) in [6, 6.07) is 12.3. The molecule has 0 aromatic heterocycles. The third kappa shape index (κ3) is 4.41. The number of nitrogens with zero attached hydrogens (tertiary/aromatic N) is 1. The largest absolute Gasteiger partial charge is 0.493 e. The average molecular weight is 583 g/mol. The molecule has 3 aliphatic rings. The molecule has 0 fully saturated rings.